The minimum atomic E-state index is -0.241. The van der Waals surface area contributed by atoms with Crippen LogP contribution in [0.4, 0.5) is 5.69 Å². The van der Waals surface area contributed by atoms with Gasteiger partial charge in [-0.05, 0) is 43.5 Å². The SMILES string of the molecule is CCCc1ccc(N2CC(C(=O)NC3CCCNC3)CC2=O)cc1.Cl. The average Bonchev–Trinajstić information content (AvgIpc) is 2.99. The van der Waals surface area contributed by atoms with Crippen LogP contribution in [0.25, 0.3) is 0 Å². The Morgan fingerprint density at radius 2 is 2.08 bits per heavy atom. The number of amides is 2. The van der Waals surface area contributed by atoms with Gasteiger partial charge in [-0.15, -0.1) is 12.4 Å². The molecule has 2 aliphatic heterocycles. The lowest BCUT2D eigenvalue weighted by Crippen LogP contribution is -2.47. The highest BCUT2D eigenvalue weighted by molar-refractivity contribution is 6.00. The molecule has 25 heavy (non-hydrogen) atoms. The summed E-state index contributed by atoms with van der Waals surface area (Å²) >= 11 is 0. The van der Waals surface area contributed by atoms with Crippen molar-refractivity contribution >= 4 is 29.9 Å². The number of piperidine rings is 1. The molecule has 2 heterocycles. The van der Waals surface area contributed by atoms with Crippen LogP contribution in [0.15, 0.2) is 24.3 Å². The van der Waals surface area contributed by atoms with Crippen LogP contribution in [-0.2, 0) is 16.0 Å². The van der Waals surface area contributed by atoms with E-state index in [1.54, 1.807) is 4.90 Å². The molecule has 0 aromatic heterocycles. The summed E-state index contributed by atoms with van der Waals surface area (Å²) < 4.78 is 0. The standard InChI is InChI=1S/C19H27N3O2.ClH/c1-2-4-14-6-8-17(9-7-14)22-13-15(11-18(22)23)19(24)21-16-5-3-10-20-12-16;/h6-9,15-16,20H,2-5,10-13H2,1H3,(H,21,24);1H. The Morgan fingerprint density at radius 3 is 2.72 bits per heavy atom. The first-order valence-electron chi connectivity index (χ1n) is 9.07. The van der Waals surface area contributed by atoms with Crippen molar-refractivity contribution in [1.29, 1.82) is 0 Å². The molecule has 0 spiro atoms. The summed E-state index contributed by atoms with van der Waals surface area (Å²) in [4.78, 5) is 26.5. The van der Waals surface area contributed by atoms with Crippen molar-refractivity contribution in [3.63, 3.8) is 0 Å². The first-order valence-corrected chi connectivity index (χ1v) is 9.07. The van der Waals surface area contributed by atoms with E-state index in [-0.39, 0.29) is 36.2 Å². The van der Waals surface area contributed by atoms with Gasteiger partial charge >= 0.3 is 0 Å². The van der Waals surface area contributed by atoms with Crippen LogP contribution in [-0.4, -0.2) is 37.5 Å². The smallest absolute Gasteiger partial charge is 0.227 e. The fourth-order valence-corrected chi connectivity index (χ4v) is 3.56. The number of anilines is 1. The lowest BCUT2D eigenvalue weighted by atomic mass is 10.0. The van der Waals surface area contributed by atoms with Crippen LogP contribution >= 0.6 is 12.4 Å². The minimum Gasteiger partial charge on any atom is -0.352 e. The van der Waals surface area contributed by atoms with Gasteiger partial charge in [0.05, 0.1) is 5.92 Å². The zero-order valence-corrected chi connectivity index (χ0v) is 15.6. The van der Waals surface area contributed by atoms with E-state index in [0.29, 0.717) is 13.0 Å². The van der Waals surface area contributed by atoms with Gasteiger partial charge < -0.3 is 15.5 Å². The summed E-state index contributed by atoms with van der Waals surface area (Å²) in [5.41, 5.74) is 2.18. The monoisotopic (exact) mass is 365 g/mol. The third-order valence-corrected chi connectivity index (χ3v) is 4.93. The van der Waals surface area contributed by atoms with Gasteiger partial charge in [-0.3, -0.25) is 9.59 Å². The Bertz CT molecular complexity index is 585. The molecule has 2 amide bonds. The first-order chi connectivity index (χ1) is 11.7. The maximum absolute atomic E-state index is 12.5. The fraction of sp³-hybridized carbons (Fsp3) is 0.579. The van der Waals surface area contributed by atoms with Crippen molar-refractivity contribution in [3.8, 4) is 0 Å². The molecule has 3 rings (SSSR count). The molecular weight excluding hydrogens is 338 g/mol. The maximum Gasteiger partial charge on any atom is 0.227 e. The third kappa shape index (κ3) is 4.95. The highest BCUT2D eigenvalue weighted by Crippen LogP contribution is 2.26. The fourth-order valence-electron chi connectivity index (χ4n) is 3.56. The summed E-state index contributed by atoms with van der Waals surface area (Å²) in [6, 6.07) is 8.34. The van der Waals surface area contributed by atoms with E-state index in [1.807, 2.05) is 12.1 Å². The number of benzene rings is 1. The van der Waals surface area contributed by atoms with Crippen molar-refractivity contribution in [2.45, 2.75) is 45.1 Å². The molecule has 138 valence electrons. The largest absolute Gasteiger partial charge is 0.352 e. The zero-order valence-electron chi connectivity index (χ0n) is 14.8. The Balaban J connectivity index is 0.00000225. The van der Waals surface area contributed by atoms with Crippen molar-refractivity contribution in [1.82, 2.24) is 10.6 Å². The third-order valence-electron chi connectivity index (χ3n) is 4.93. The Labute approximate surface area is 155 Å². The van der Waals surface area contributed by atoms with Gasteiger partial charge in [-0.25, -0.2) is 0 Å². The quantitative estimate of drug-likeness (QED) is 0.841. The molecule has 2 atom stereocenters. The van der Waals surface area contributed by atoms with Crippen LogP contribution in [0, 0.1) is 5.92 Å². The summed E-state index contributed by atoms with van der Waals surface area (Å²) in [6.45, 7) is 4.49. The Kier molecular flexibility index (Phi) is 7.26. The second kappa shape index (κ2) is 9.20. The molecule has 2 unspecified atom stereocenters. The number of hydrogen-bond acceptors (Lipinski definition) is 3. The van der Waals surface area contributed by atoms with Crippen LogP contribution in [0.3, 0.4) is 0 Å². The predicted molar refractivity (Wildman–Crippen MR) is 102 cm³/mol. The number of nitrogens with zero attached hydrogens (tertiary/aromatic N) is 1. The van der Waals surface area contributed by atoms with Gasteiger partial charge in [-0.2, -0.15) is 0 Å². The number of carbonyl (C=O) groups is 2. The summed E-state index contributed by atoms with van der Waals surface area (Å²) in [6.07, 6.45) is 4.57. The van der Waals surface area contributed by atoms with Gasteiger partial charge in [0.2, 0.25) is 11.8 Å². The van der Waals surface area contributed by atoms with E-state index in [9.17, 15) is 9.59 Å². The number of carbonyl (C=O) groups excluding carboxylic acids is 2. The van der Waals surface area contributed by atoms with Gasteiger partial charge in [0, 0.05) is 31.2 Å². The van der Waals surface area contributed by atoms with Crippen molar-refractivity contribution in [2.24, 2.45) is 5.92 Å². The molecule has 0 bridgehead atoms. The molecule has 1 aromatic carbocycles. The molecule has 2 saturated heterocycles. The average molecular weight is 366 g/mol. The molecule has 5 nitrogen and oxygen atoms in total. The molecule has 2 N–H and O–H groups in total. The normalized spacial score (nSPS) is 23.2. The van der Waals surface area contributed by atoms with Gasteiger partial charge in [0.25, 0.3) is 0 Å². The number of nitrogens with one attached hydrogen (secondary N) is 2. The number of rotatable bonds is 5. The van der Waals surface area contributed by atoms with E-state index >= 15 is 0 Å². The van der Waals surface area contributed by atoms with E-state index in [2.05, 4.69) is 29.7 Å². The van der Waals surface area contributed by atoms with E-state index < -0.39 is 0 Å². The van der Waals surface area contributed by atoms with Crippen LogP contribution in [0.5, 0.6) is 0 Å². The minimum absolute atomic E-state index is 0. The summed E-state index contributed by atoms with van der Waals surface area (Å²) in [7, 11) is 0. The van der Waals surface area contributed by atoms with E-state index in [1.165, 1.54) is 5.56 Å². The summed E-state index contributed by atoms with van der Waals surface area (Å²) in [5.74, 6) is -0.183. The van der Waals surface area contributed by atoms with E-state index in [0.717, 1.165) is 44.5 Å². The van der Waals surface area contributed by atoms with Gasteiger partial charge in [-0.1, -0.05) is 25.5 Å². The lowest BCUT2D eigenvalue weighted by Gasteiger charge is -2.25. The molecule has 0 saturated carbocycles. The van der Waals surface area contributed by atoms with Crippen molar-refractivity contribution < 1.29 is 9.59 Å². The van der Waals surface area contributed by atoms with Crippen LogP contribution in [0.1, 0.15) is 38.2 Å². The Hall–Kier alpha value is -1.59. The molecule has 1 aromatic rings. The second-order valence-corrected chi connectivity index (χ2v) is 6.87. The lowest BCUT2D eigenvalue weighted by molar-refractivity contribution is -0.127. The molecule has 2 fully saturated rings. The van der Waals surface area contributed by atoms with Crippen LogP contribution in [0.2, 0.25) is 0 Å². The molecule has 0 aliphatic carbocycles. The Morgan fingerprint density at radius 1 is 1.32 bits per heavy atom. The molecule has 0 radical (unpaired) electrons. The predicted octanol–water partition coefficient (Wildman–Crippen LogP) is 2.28. The van der Waals surface area contributed by atoms with Crippen molar-refractivity contribution in [3.05, 3.63) is 29.8 Å². The van der Waals surface area contributed by atoms with Gasteiger partial charge in [0.15, 0.2) is 0 Å². The van der Waals surface area contributed by atoms with E-state index in [4.69, 9.17) is 0 Å². The topological polar surface area (TPSA) is 61.4 Å². The van der Waals surface area contributed by atoms with Gasteiger partial charge in [0.1, 0.15) is 0 Å². The highest BCUT2D eigenvalue weighted by Gasteiger charge is 2.35. The number of hydrogen-bond donors (Lipinski definition) is 2. The van der Waals surface area contributed by atoms with Crippen molar-refractivity contribution in [2.75, 3.05) is 24.5 Å². The number of halogens is 1. The highest BCUT2D eigenvalue weighted by atomic mass is 35.5. The maximum atomic E-state index is 12.5. The number of aryl methyl sites for hydroxylation is 1. The first kappa shape index (κ1) is 19.7. The van der Waals surface area contributed by atoms with Crippen LogP contribution < -0.4 is 15.5 Å². The molecule has 2 aliphatic rings. The zero-order chi connectivity index (χ0) is 16.9. The summed E-state index contributed by atoms with van der Waals surface area (Å²) in [5, 5.41) is 6.40. The molecular formula is C19H28ClN3O2. The molecule has 6 heteroatoms. The second-order valence-electron chi connectivity index (χ2n) is 6.87.